The third-order valence-electron chi connectivity index (χ3n) is 3.19. The molecule has 6 heteroatoms. The van der Waals surface area contributed by atoms with E-state index < -0.39 is 0 Å². The zero-order valence-electron chi connectivity index (χ0n) is 12.3. The average Bonchev–Trinajstić information content (AvgIpc) is 3.03. The number of methoxy groups -OCH3 is 1. The summed E-state index contributed by atoms with van der Waals surface area (Å²) >= 11 is 4.82. The van der Waals surface area contributed by atoms with Crippen LogP contribution in [-0.2, 0) is 5.75 Å². The first-order valence-electron chi connectivity index (χ1n) is 6.82. The smallest absolute Gasteiger partial charge is 0.256 e. The lowest BCUT2D eigenvalue weighted by atomic mass is 10.2. The summed E-state index contributed by atoms with van der Waals surface area (Å²) < 4.78 is 25.3. The fraction of sp³-hybridized carbons (Fsp3) is 0.118. The first-order valence-corrected chi connectivity index (χ1v) is 8.60. The van der Waals surface area contributed by atoms with E-state index in [1.54, 1.807) is 12.3 Å². The first kappa shape index (κ1) is 16.1. The van der Waals surface area contributed by atoms with Crippen LogP contribution < -0.4 is 4.74 Å². The fourth-order valence-corrected chi connectivity index (χ4v) is 3.03. The first-order chi connectivity index (χ1) is 11.2. The van der Waals surface area contributed by atoms with E-state index >= 15 is 0 Å². The maximum Gasteiger partial charge on any atom is 0.256 e. The minimum Gasteiger partial charge on any atom is -0.494 e. The van der Waals surface area contributed by atoms with Crippen molar-refractivity contribution in [3.05, 3.63) is 64.5 Å². The van der Waals surface area contributed by atoms with Crippen LogP contribution in [0.25, 0.3) is 11.3 Å². The molecule has 0 fully saturated rings. The molecule has 0 radical (unpaired) electrons. The Morgan fingerprint density at radius 3 is 2.70 bits per heavy atom. The Labute approximate surface area is 146 Å². The van der Waals surface area contributed by atoms with Gasteiger partial charge in [-0.1, -0.05) is 45.9 Å². The van der Waals surface area contributed by atoms with Gasteiger partial charge in [0.05, 0.1) is 13.3 Å². The fourth-order valence-electron chi connectivity index (χ4n) is 2.02. The van der Waals surface area contributed by atoms with Crippen molar-refractivity contribution in [2.45, 2.75) is 11.0 Å². The molecule has 0 aliphatic heterocycles. The Kier molecular flexibility index (Phi) is 5.03. The summed E-state index contributed by atoms with van der Waals surface area (Å²) in [5.41, 5.74) is 1.81. The molecule has 3 nitrogen and oxygen atoms in total. The molecule has 0 spiro atoms. The highest BCUT2D eigenvalue weighted by molar-refractivity contribution is 9.10. The molecule has 0 bridgehead atoms. The van der Waals surface area contributed by atoms with E-state index in [4.69, 9.17) is 9.15 Å². The zero-order valence-corrected chi connectivity index (χ0v) is 14.7. The normalized spacial score (nSPS) is 10.7. The predicted octanol–water partition coefficient (Wildman–Crippen LogP) is 5.54. The van der Waals surface area contributed by atoms with Gasteiger partial charge in [-0.3, -0.25) is 0 Å². The molecule has 1 heterocycles. The van der Waals surface area contributed by atoms with E-state index in [1.165, 1.54) is 24.9 Å². The molecule has 23 heavy (non-hydrogen) atoms. The molecule has 1 aromatic heterocycles. The van der Waals surface area contributed by atoms with Gasteiger partial charge in [0.25, 0.3) is 5.22 Å². The van der Waals surface area contributed by atoms with Gasteiger partial charge < -0.3 is 9.15 Å². The van der Waals surface area contributed by atoms with Crippen molar-refractivity contribution in [2.75, 3.05) is 7.11 Å². The summed E-state index contributed by atoms with van der Waals surface area (Å²) in [5, 5.41) is 0.555. The minimum atomic E-state index is -0.367. The number of hydrogen-bond donors (Lipinski definition) is 0. The standard InChI is InChI=1S/C17H13BrFNO2S/c1-21-15-7-2-11(8-14(15)19)10-23-17-20-9-16(22-17)12-3-5-13(18)6-4-12/h2-9H,10H2,1H3. The van der Waals surface area contributed by atoms with Crippen molar-refractivity contribution in [1.82, 2.24) is 4.98 Å². The number of ether oxygens (including phenoxy) is 1. The van der Waals surface area contributed by atoms with E-state index in [0.717, 1.165) is 15.6 Å². The van der Waals surface area contributed by atoms with Gasteiger partial charge in [0.2, 0.25) is 0 Å². The number of aromatic nitrogens is 1. The number of nitrogens with zero attached hydrogens (tertiary/aromatic N) is 1. The summed E-state index contributed by atoms with van der Waals surface area (Å²) in [6.07, 6.45) is 1.69. The highest BCUT2D eigenvalue weighted by Crippen LogP contribution is 2.29. The Bertz CT molecular complexity index is 805. The van der Waals surface area contributed by atoms with Gasteiger partial charge in [0, 0.05) is 15.8 Å². The zero-order chi connectivity index (χ0) is 16.2. The Morgan fingerprint density at radius 1 is 1.22 bits per heavy atom. The third kappa shape index (κ3) is 3.95. The second-order valence-electron chi connectivity index (χ2n) is 4.75. The molecular formula is C17H13BrFNO2S. The monoisotopic (exact) mass is 393 g/mol. The Hall–Kier alpha value is -1.79. The minimum absolute atomic E-state index is 0.243. The largest absolute Gasteiger partial charge is 0.494 e. The lowest BCUT2D eigenvalue weighted by molar-refractivity contribution is 0.386. The molecule has 0 amide bonds. The summed E-state index contributed by atoms with van der Waals surface area (Å²) in [5.74, 6) is 1.16. The van der Waals surface area contributed by atoms with Crippen molar-refractivity contribution in [1.29, 1.82) is 0 Å². The average molecular weight is 394 g/mol. The van der Waals surface area contributed by atoms with Gasteiger partial charge >= 0.3 is 0 Å². The van der Waals surface area contributed by atoms with Crippen LogP contribution in [0.3, 0.4) is 0 Å². The van der Waals surface area contributed by atoms with Crippen LogP contribution >= 0.6 is 27.7 Å². The number of benzene rings is 2. The van der Waals surface area contributed by atoms with Crippen molar-refractivity contribution in [2.24, 2.45) is 0 Å². The van der Waals surface area contributed by atoms with Crippen LogP contribution in [0, 0.1) is 5.82 Å². The van der Waals surface area contributed by atoms with Crippen molar-refractivity contribution in [3.63, 3.8) is 0 Å². The van der Waals surface area contributed by atoms with Crippen LogP contribution in [0.1, 0.15) is 5.56 Å². The van der Waals surface area contributed by atoms with E-state index in [1.807, 2.05) is 30.3 Å². The second kappa shape index (κ2) is 7.19. The van der Waals surface area contributed by atoms with Crippen LogP contribution in [0.15, 0.2) is 62.8 Å². The summed E-state index contributed by atoms with van der Waals surface area (Å²) in [6.45, 7) is 0. The molecule has 2 aromatic carbocycles. The predicted molar refractivity (Wildman–Crippen MR) is 92.2 cm³/mol. The SMILES string of the molecule is COc1ccc(CSc2ncc(-c3ccc(Br)cc3)o2)cc1F. The molecular weight excluding hydrogens is 381 g/mol. The number of oxazole rings is 1. The van der Waals surface area contributed by atoms with Crippen LogP contribution in [0.2, 0.25) is 0 Å². The number of hydrogen-bond acceptors (Lipinski definition) is 4. The van der Waals surface area contributed by atoms with Gasteiger partial charge in [-0.05, 0) is 29.8 Å². The lowest BCUT2D eigenvalue weighted by Crippen LogP contribution is -1.89. The van der Waals surface area contributed by atoms with Gasteiger partial charge in [-0.15, -0.1) is 0 Å². The summed E-state index contributed by atoms with van der Waals surface area (Å²) in [6, 6.07) is 12.7. The van der Waals surface area contributed by atoms with Crippen LogP contribution in [0.5, 0.6) is 5.75 Å². The molecule has 118 valence electrons. The van der Waals surface area contributed by atoms with Crippen LogP contribution in [-0.4, -0.2) is 12.1 Å². The number of rotatable bonds is 5. The molecule has 0 aliphatic rings. The quantitative estimate of drug-likeness (QED) is 0.532. The molecule has 0 saturated heterocycles. The topological polar surface area (TPSA) is 35.3 Å². The van der Waals surface area contributed by atoms with E-state index in [2.05, 4.69) is 20.9 Å². The lowest BCUT2D eigenvalue weighted by Gasteiger charge is -2.03. The van der Waals surface area contributed by atoms with E-state index in [-0.39, 0.29) is 11.6 Å². The van der Waals surface area contributed by atoms with E-state index in [9.17, 15) is 4.39 Å². The maximum absolute atomic E-state index is 13.7. The molecule has 0 saturated carbocycles. The number of thioether (sulfide) groups is 1. The summed E-state index contributed by atoms with van der Waals surface area (Å²) in [7, 11) is 1.45. The molecule has 0 atom stereocenters. The second-order valence-corrected chi connectivity index (χ2v) is 6.60. The Morgan fingerprint density at radius 2 is 2.00 bits per heavy atom. The highest BCUT2D eigenvalue weighted by atomic mass is 79.9. The molecule has 3 aromatic rings. The molecule has 0 aliphatic carbocycles. The summed E-state index contributed by atoms with van der Waals surface area (Å²) in [4.78, 5) is 4.25. The highest BCUT2D eigenvalue weighted by Gasteiger charge is 2.09. The third-order valence-corrected chi connectivity index (χ3v) is 4.63. The van der Waals surface area contributed by atoms with Gasteiger partial charge in [0.1, 0.15) is 0 Å². The molecule has 0 unspecified atom stereocenters. The van der Waals surface area contributed by atoms with Crippen LogP contribution in [0.4, 0.5) is 4.39 Å². The maximum atomic E-state index is 13.7. The van der Waals surface area contributed by atoms with Crippen molar-refractivity contribution >= 4 is 27.7 Å². The van der Waals surface area contributed by atoms with Gasteiger partial charge in [-0.2, -0.15) is 0 Å². The van der Waals surface area contributed by atoms with Gasteiger partial charge in [-0.25, -0.2) is 9.37 Å². The molecule has 3 rings (SSSR count). The van der Waals surface area contributed by atoms with E-state index in [0.29, 0.717) is 16.7 Å². The van der Waals surface area contributed by atoms with Gasteiger partial charge in [0.15, 0.2) is 17.3 Å². The molecule has 0 N–H and O–H groups in total. The van der Waals surface area contributed by atoms with Crippen molar-refractivity contribution in [3.8, 4) is 17.1 Å². The number of halogens is 2. The Balaban J connectivity index is 1.67. The van der Waals surface area contributed by atoms with Crippen molar-refractivity contribution < 1.29 is 13.5 Å².